The topological polar surface area (TPSA) is 29.1 Å². The molecule has 0 atom stereocenters. The highest BCUT2D eigenvalue weighted by atomic mass is 127. The van der Waals surface area contributed by atoms with Crippen LogP contribution >= 0.6 is 22.6 Å². The van der Waals surface area contributed by atoms with E-state index >= 15 is 0 Å². The Morgan fingerprint density at radius 2 is 1.84 bits per heavy atom. The van der Waals surface area contributed by atoms with Gasteiger partial charge in [0.05, 0.1) is 5.56 Å². The van der Waals surface area contributed by atoms with E-state index in [-0.39, 0.29) is 24.1 Å². The summed E-state index contributed by atoms with van der Waals surface area (Å²) in [7, 11) is 0. The standard InChI is InChI=1S/C14H10F2INO/c15-10-3-1-2-9(6-10)8-18-14(19)12-5-4-11(16)7-13(12)17/h1-7H,8H2,(H,18,19). The van der Waals surface area contributed by atoms with Gasteiger partial charge in [-0.3, -0.25) is 4.79 Å². The van der Waals surface area contributed by atoms with Crippen LogP contribution in [0.25, 0.3) is 0 Å². The van der Waals surface area contributed by atoms with Crippen molar-refractivity contribution in [2.45, 2.75) is 6.54 Å². The van der Waals surface area contributed by atoms with Gasteiger partial charge in [-0.2, -0.15) is 0 Å². The lowest BCUT2D eigenvalue weighted by molar-refractivity contribution is 0.0950. The van der Waals surface area contributed by atoms with E-state index in [0.29, 0.717) is 14.7 Å². The van der Waals surface area contributed by atoms with E-state index in [0.717, 1.165) is 0 Å². The lowest BCUT2D eigenvalue weighted by Gasteiger charge is -2.07. The molecule has 0 radical (unpaired) electrons. The zero-order valence-corrected chi connectivity index (χ0v) is 11.9. The van der Waals surface area contributed by atoms with E-state index in [9.17, 15) is 13.6 Å². The van der Waals surface area contributed by atoms with Crippen LogP contribution in [0.5, 0.6) is 0 Å². The van der Waals surface area contributed by atoms with Crippen LogP contribution < -0.4 is 5.32 Å². The first-order valence-electron chi connectivity index (χ1n) is 5.54. The zero-order chi connectivity index (χ0) is 13.8. The number of hydrogen-bond donors (Lipinski definition) is 1. The SMILES string of the molecule is O=C(NCc1cccc(F)c1)c1ccc(F)cc1I. The van der Waals surface area contributed by atoms with Crippen molar-refractivity contribution in [1.29, 1.82) is 0 Å². The summed E-state index contributed by atoms with van der Waals surface area (Å²) in [6.07, 6.45) is 0. The molecule has 0 fully saturated rings. The largest absolute Gasteiger partial charge is 0.348 e. The molecule has 1 N–H and O–H groups in total. The molecule has 2 aromatic rings. The maximum Gasteiger partial charge on any atom is 0.252 e. The second-order valence-electron chi connectivity index (χ2n) is 3.94. The lowest BCUT2D eigenvalue weighted by atomic mass is 10.2. The molecule has 2 aromatic carbocycles. The number of benzene rings is 2. The third-order valence-electron chi connectivity index (χ3n) is 2.52. The maximum atomic E-state index is 13.0. The highest BCUT2D eigenvalue weighted by molar-refractivity contribution is 14.1. The van der Waals surface area contributed by atoms with Crippen LogP contribution in [0.15, 0.2) is 42.5 Å². The lowest BCUT2D eigenvalue weighted by Crippen LogP contribution is -2.23. The monoisotopic (exact) mass is 373 g/mol. The molecule has 0 unspecified atom stereocenters. The Morgan fingerprint density at radius 3 is 2.53 bits per heavy atom. The summed E-state index contributed by atoms with van der Waals surface area (Å²) in [5.74, 6) is -1.04. The Kier molecular flexibility index (Phi) is 4.47. The van der Waals surface area contributed by atoms with Gasteiger partial charge in [-0.05, 0) is 58.5 Å². The van der Waals surface area contributed by atoms with Gasteiger partial charge in [-0.1, -0.05) is 12.1 Å². The molecule has 98 valence electrons. The van der Waals surface area contributed by atoms with Crippen LogP contribution in [0.2, 0.25) is 0 Å². The van der Waals surface area contributed by atoms with Crippen molar-refractivity contribution in [3.05, 3.63) is 68.8 Å². The summed E-state index contributed by atoms with van der Waals surface area (Å²) < 4.78 is 26.4. The zero-order valence-electron chi connectivity index (χ0n) is 9.79. The Hall–Kier alpha value is -1.50. The fourth-order valence-corrected chi connectivity index (χ4v) is 2.32. The molecule has 0 bridgehead atoms. The molecule has 0 aromatic heterocycles. The number of hydrogen-bond acceptors (Lipinski definition) is 1. The molecule has 0 saturated heterocycles. The minimum atomic E-state index is -0.383. The molecule has 19 heavy (non-hydrogen) atoms. The van der Waals surface area contributed by atoms with Crippen molar-refractivity contribution < 1.29 is 13.6 Å². The Morgan fingerprint density at radius 1 is 1.11 bits per heavy atom. The quantitative estimate of drug-likeness (QED) is 0.820. The predicted molar refractivity (Wildman–Crippen MR) is 76.7 cm³/mol. The van der Waals surface area contributed by atoms with Gasteiger partial charge in [0, 0.05) is 10.1 Å². The van der Waals surface area contributed by atoms with Gasteiger partial charge in [0.1, 0.15) is 11.6 Å². The van der Waals surface area contributed by atoms with Crippen LogP contribution in [0.4, 0.5) is 8.78 Å². The number of nitrogens with one attached hydrogen (secondary N) is 1. The van der Waals surface area contributed by atoms with E-state index in [4.69, 9.17) is 0 Å². The number of rotatable bonds is 3. The average Bonchev–Trinajstić information content (AvgIpc) is 2.36. The van der Waals surface area contributed by atoms with Gasteiger partial charge in [0.25, 0.3) is 5.91 Å². The average molecular weight is 373 g/mol. The highest BCUT2D eigenvalue weighted by Gasteiger charge is 2.10. The van der Waals surface area contributed by atoms with Crippen molar-refractivity contribution in [2.24, 2.45) is 0 Å². The van der Waals surface area contributed by atoms with Crippen molar-refractivity contribution in [3.8, 4) is 0 Å². The van der Waals surface area contributed by atoms with Crippen LogP contribution in [-0.4, -0.2) is 5.91 Å². The smallest absolute Gasteiger partial charge is 0.252 e. The minimum absolute atomic E-state index is 0.226. The first-order valence-corrected chi connectivity index (χ1v) is 6.62. The van der Waals surface area contributed by atoms with Gasteiger partial charge in [-0.15, -0.1) is 0 Å². The maximum absolute atomic E-state index is 13.0. The third-order valence-corrected chi connectivity index (χ3v) is 3.41. The minimum Gasteiger partial charge on any atom is -0.348 e. The molecule has 0 spiro atoms. The van der Waals surface area contributed by atoms with Crippen LogP contribution in [0, 0.1) is 15.2 Å². The van der Waals surface area contributed by atoms with Crippen molar-refractivity contribution in [1.82, 2.24) is 5.32 Å². The molecule has 0 aliphatic carbocycles. The molecule has 5 heteroatoms. The normalized spacial score (nSPS) is 10.3. The fraction of sp³-hybridized carbons (Fsp3) is 0.0714. The molecule has 0 saturated carbocycles. The molecule has 0 aliphatic heterocycles. The first-order chi connectivity index (χ1) is 9.06. The van der Waals surface area contributed by atoms with Crippen LogP contribution in [0.1, 0.15) is 15.9 Å². The third kappa shape index (κ3) is 3.73. The Labute approximate surface area is 123 Å². The predicted octanol–water partition coefficient (Wildman–Crippen LogP) is 3.50. The van der Waals surface area contributed by atoms with Crippen molar-refractivity contribution >= 4 is 28.5 Å². The summed E-state index contributed by atoms with van der Waals surface area (Å²) in [5, 5.41) is 2.67. The second kappa shape index (κ2) is 6.10. The summed E-state index contributed by atoms with van der Waals surface area (Å²) >= 11 is 1.90. The molecular formula is C14H10F2INO. The van der Waals surface area contributed by atoms with Gasteiger partial charge in [0.2, 0.25) is 0 Å². The Bertz CT molecular complexity index is 616. The fourth-order valence-electron chi connectivity index (χ4n) is 1.60. The van der Waals surface area contributed by atoms with Crippen molar-refractivity contribution in [2.75, 3.05) is 0 Å². The van der Waals surface area contributed by atoms with Gasteiger partial charge >= 0.3 is 0 Å². The van der Waals surface area contributed by atoms with Crippen LogP contribution in [0.3, 0.4) is 0 Å². The summed E-state index contributed by atoms with van der Waals surface area (Å²) in [4.78, 5) is 11.9. The van der Waals surface area contributed by atoms with Gasteiger partial charge < -0.3 is 5.32 Å². The number of carbonyl (C=O) groups excluding carboxylic acids is 1. The number of carbonyl (C=O) groups is 1. The highest BCUT2D eigenvalue weighted by Crippen LogP contribution is 2.14. The van der Waals surface area contributed by atoms with Gasteiger partial charge in [0.15, 0.2) is 0 Å². The van der Waals surface area contributed by atoms with E-state index in [1.807, 2.05) is 22.6 Å². The van der Waals surface area contributed by atoms with Crippen molar-refractivity contribution in [3.63, 3.8) is 0 Å². The number of amides is 1. The first kappa shape index (κ1) is 13.9. The van der Waals surface area contributed by atoms with E-state index in [2.05, 4.69) is 5.32 Å². The van der Waals surface area contributed by atoms with Gasteiger partial charge in [-0.25, -0.2) is 8.78 Å². The molecule has 1 amide bonds. The molecule has 2 nitrogen and oxygen atoms in total. The summed E-state index contributed by atoms with van der Waals surface area (Å²) in [6, 6.07) is 9.95. The van der Waals surface area contributed by atoms with E-state index in [1.54, 1.807) is 12.1 Å². The Balaban J connectivity index is 2.05. The summed E-state index contributed by atoms with van der Waals surface area (Å²) in [5.41, 5.74) is 1.07. The molecule has 2 rings (SSSR count). The number of halogens is 3. The van der Waals surface area contributed by atoms with E-state index < -0.39 is 0 Å². The molecule has 0 aliphatic rings. The van der Waals surface area contributed by atoms with E-state index in [1.165, 1.54) is 30.3 Å². The molecule has 0 heterocycles. The van der Waals surface area contributed by atoms with Crippen LogP contribution in [-0.2, 0) is 6.54 Å². The molecular weight excluding hydrogens is 363 g/mol. The summed E-state index contributed by atoms with van der Waals surface area (Å²) in [6.45, 7) is 0.226. The second-order valence-corrected chi connectivity index (χ2v) is 5.10.